The second-order valence-electron chi connectivity index (χ2n) is 6.18. The average molecular weight is 451 g/mol. The Morgan fingerprint density at radius 2 is 2.07 bits per heavy atom. The summed E-state index contributed by atoms with van der Waals surface area (Å²) in [4.78, 5) is 26.7. The summed E-state index contributed by atoms with van der Waals surface area (Å²) in [7, 11) is 1.89. The third-order valence-electron chi connectivity index (χ3n) is 4.03. The van der Waals surface area contributed by atoms with Crippen LogP contribution < -0.4 is 5.32 Å². The fraction of sp³-hybridized carbons (Fsp3) is 0.368. The van der Waals surface area contributed by atoms with Gasteiger partial charge in [0.2, 0.25) is 5.91 Å². The molecule has 0 aliphatic carbocycles. The number of ether oxygens (including phenoxy) is 1. The topological polar surface area (TPSA) is 86.1 Å². The maximum Gasteiger partial charge on any atom is 0.341 e. The number of amides is 1. The van der Waals surface area contributed by atoms with Crippen molar-refractivity contribution in [3.8, 4) is 11.4 Å². The van der Waals surface area contributed by atoms with Crippen molar-refractivity contribution in [2.75, 3.05) is 17.7 Å². The normalized spacial score (nSPS) is 10.9. The molecule has 10 heteroatoms. The number of thiophene rings is 2. The van der Waals surface area contributed by atoms with Crippen molar-refractivity contribution >= 4 is 51.3 Å². The van der Waals surface area contributed by atoms with E-state index in [1.807, 2.05) is 18.5 Å². The molecule has 3 aromatic heterocycles. The first kappa shape index (κ1) is 21.5. The number of hydrogen-bond acceptors (Lipinski definition) is 8. The summed E-state index contributed by atoms with van der Waals surface area (Å²) in [5.41, 5.74) is 1.42. The Morgan fingerprint density at radius 3 is 2.76 bits per heavy atom. The van der Waals surface area contributed by atoms with E-state index in [4.69, 9.17) is 4.74 Å². The summed E-state index contributed by atoms with van der Waals surface area (Å²) in [6.45, 7) is 6.04. The van der Waals surface area contributed by atoms with Crippen LogP contribution in [0.5, 0.6) is 0 Å². The SMILES string of the molecule is CCOC(=O)c1cc(C)sc1NC(=O)CSc1nnc(-c2csc(CC)c2)n1C. The number of esters is 1. The van der Waals surface area contributed by atoms with Crippen LogP contribution in [-0.2, 0) is 23.0 Å². The molecule has 0 saturated carbocycles. The number of aryl methyl sites for hydroxylation is 2. The number of aromatic nitrogens is 3. The van der Waals surface area contributed by atoms with Gasteiger partial charge in [-0.15, -0.1) is 32.9 Å². The minimum absolute atomic E-state index is 0.162. The maximum atomic E-state index is 12.4. The number of carbonyl (C=O) groups excluding carboxylic acids is 2. The third kappa shape index (κ3) is 5.06. The molecule has 0 fully saturated rings. The number of anilines is 1. The standard InChI is InChI=1S/C19H22N4O3S3/c1-5-13-8-12(9-27-13)16-21-22-19(23(16)4)28-10-15(24)20-17-14(7-11(3)29-17)18(25)26-6-2/h7-9H,5-6,10H2,1-4H3,(H,20,24). The molecule has 3 aromatic rings. The van der Waals surface area contributed by atoms with Gasteiger partial charge in [0.1, 0.15) is 5.00 Å². The quantitative estimate of drug-likeness (QED) is 0.405. The van der Waals surface area contributed by atoms with E-state index in [1.165, 1.54) is 28.0 Å². The van der Waals surface area contributed by atoms with Crippen LogP contribution in [0.25, 0.3) is 11.4 Å². The lowest BCUT2D eigenvalue weighted by atomic mass is 10.2. The molecule has 0 spiro atoms. The van der Waals surface area contributed by atoms with Crippen molar-refractivity contribution in [3.05, 3.63) is 32.8 Å². The highest BCUT2D eigenvalue weighted by Crippen LogP contribution is 2.30. The van der Waals surface area contributed by atoms with Crippen LogP contribution in [-0.4, -0.2) is 39.0 Å². The largest absolute Gasteiger partial charge is 0.462 e. The zero-order chi connectivity index (χ0) is 21.0. The van der Waals surface area contributed by atoms with Gasteiger partial charge in [-0.25, -0.2) is 4.79 Å². The van der Waals surface area contributed by atoms with E-state index in [0.29, 0.717) is 15.7 Å². The molecule has 0 bridgehead atoms. The van der Waals surface area contributed by atoms with Gasteiger partial charge in [0.05, 0.1) is 17.9 Å². The number of thioether (sulfide) groups is 1. The van der Waals surface area contributed by atoms with Gasteiger partial charge in [-0.05, 0) is 32.4 Å². The van der Waals surface area contributed by atoms with E-state index in [1.54, 1.807) is 24.3 Å². The van der Waals surface area contributed by atoms with E-state index in [2.05, 4.69) is 33.9 Å². The Labute approximate surface area is 181 Å². The van der Waals surface area contributed by atoms with Crippen molar-refractivity contribution in [1.82, 2.24) is 14.8 Å². The van der Waals surface area contributed by atoms with E-state index in [0.717, 1.165) is 22.7 Å². The van der Waals surface area contributed by atoms with E-state index < -0.39 is 5.97 Å². The van der Waals surface area contributed by atoms with Crippen molar-refractivity contribution < 1.29 is 14.3 Å². The molecule has 154 valence electrons. The minimum Gasteiger partial charge on any atom is -0.462 e. The van der Waals surface area contributed by atoms with Gasteiger partial charge in [0, 0.05) is 27.7 Å². The molecule has 0 unspecified atom stereocenters. The lowest BCUT2D eigenvalue weighted by Gasteiger charge is -2.06. The van der Waals surface area contributed by atoms with E-state index in [9.17, 15) is 9.59 Å². The first-order valence-electron chi connectivity index (χ1n) is 9.10. The second kappa shape index (κ2) is 9.55. The van der Waals surface area contributed by atoms with Crippen LogP contribution in [0.2, 0.25) is 0 Å². The monoisotopic (exact) mass is 450 g/mol. The highest BCUT2D eigenvalue weighted by molar-refractivity contribution is 7.99. The molecule has 29 heavy (non-hydrogen) atoms. The van der Waals surface area contributed by atoms with Crippen molar-refractivity contribution in [2.24, 2.45) is 7.05 Å². The van der Waals surface area contributed by atoms with Crippen LogP contribution in [0.3, 0.4) is 0 Å². The molecule has 0 aliphatic heterocycles. The highest BCUT2D eigenvalue weighted by atomic mass is 32.2. The number of rotatable bonds is 8. The first-order chi connectivity index (χ1) is 13.9. The highest BCUT2D eigenvalue weighted by Gasteiger charge is 2.19. The minimum atomic E-state index is -0.431. The molecule has 1 amide bonds. The molecule has 0 saturated heterocycles. The van der Waals surface area contributed by atoms with Crippen LogP contribution in [0.1, 0.15) is 34.0 Å². The van der Waals surface area contributed by atoms with E-state index >= 15 is 0 Å². The maximum absolute atomic E-state index is 12.4. The van der Waals surface area contributed by atoms with Crippen molar-refractivity contribution in [1.29, 1.82) is 0 Å². The van der Waals surface area contributed by atoms with Crippen molar-refractivity contribution in [2.45, 2.75) is 32.3 Å². The van der Waals surface area contributed by atoms with Gasteiger partial charge in [-0.3, -0.25) is 4.79 Å². The predicted molar refractivity (Wildman–Crippen MR) is 118 cm³/mol. The van der Waals surface area contributed by atoms with Gasteiger partial charge >= 0.3 is 5.97 Å². The van der Waals surface area contributed by atoms with Crippen molar-refractivity contribution in [3.63, 3.8) is 0 Å². The first-order valence-corrected chi connectivity index (χ1v) is 11.8. The molecule has 3 rings (SSSR count). The molecular formula is C19H22N4O3S3. The average Bonchev–Trinajstić information content (AvgIpc) is 3.39. The molecule has 0 radical (unpaired) electrons. The lowest BCUT2D eigenvalue weighted by Crippen LogP contribution is -2.16. The number of nitrogens with zero attached hydrogens (tertiary/aromatic N) is 3. The summed E-state index contributed by atoms with van der Waals surface area (Å²) in [6.07, 6.45) is 0.986. The smallest absolute Gasteiger partial charge is 0.341 e. The summed E-state index contributed by atoms with van der Waals surface area (Å²) in [5, 5.41) is 14.5. The van der Waals surface area contributed by atoms with Crippen LogP contribution in [0.4, 0.5) is 5.00 Å². The molecule has 3 heterocycles. The van der Waals surface area contributed by atoms with Gasteiger partial charge in [-0.1, -0.05) is 18.7 Å². The molecule has 0 atom stereocenters. The second-order valence-corrected chi connectivity index (χ2v) is 9.37. The third-order valence-corrected chi connectivity index (χ3v) is 7.10. The van der Waals surface area contributed by atoms with Crippen LogP contribution in [0, 0.1) is 6.92 Å². The Balaban J connectivity index is 1.64. The Kier molecular flexibility index (Phi) is 7.09. The van der Waals surface area contributed by atoms with E-state index in [-0.39, 0.29) is 18.3 Å². The van der Waals surface area contributed by atoms with Gasteiger partial charge in [0.25, 0.3) is 0 Å². The summed E-state index contributed by atoms with van der Waals surface area (Å²) in [6, 6.07) is 3.84. The zero-order valence-corrected chi connectivity index (χ0v) is 19.1. The van der Waals surface area contributed by atoms with Gasteiger partial charge < -0.3 is 14.6 Å². The fourth-order valence-corrected chi connectivity index (χ4v) is 5.08. The molecule has 1 N–H and O–H groups in total. The van der Waals surface area contributed by atoms with Crippen LogP contribution >= 0.6 is 34.4 Å². The fourth-order valence-electron chi connectivity index (χ4n) is 2.64. The van der Waals surface area contributed by atoms with Gasteiger partial charge in [-0.2, -0.15) is 0 Å². The molecular weight excluding hydrogens is 428 g/mol. The van der Waals surface area contributed by atoms with Crippen LogP contribution in [0.15, 0.2) is 22.7 Å². The predicted octanol–water partition coefficient (Wildman–Crippen LogP) is 4.38. The molecule has 0 aromatic carbocycles. The molecule has 0 aliphatic rings. The summed E-state index contributed by atoms with van der Waals surface area (Å²) in [5.74, 6) is 0.299. The van der Waals surface area contributed by atoms with Gasteiger partial charge in [0.15, 0.2) is 11.0 Å². The Morgan fingerprint density at radius 1 is 1.28 bits per heavy atom. The zero-order valence-electron chi connectivity index (χ0n) is 16.6. The lowest BCUT2D eigenvalue weighted by molar-refractivity contribution is -0.113. The number of hydrogen-bond donors (Lipinski definition) is 1. The molecule has 7 nitrogen and oxygen atoms in total. The summed E-state index contributed by atoms with van der Waals surface area (Å²) >= 11 is 4.36. The Hall–Kier alpha value is -2.17. The summed E-state index contributed by atoms with van der Waals surface area (Å²) < 4.78 is 6.94. The number of carbonyl (C=O) groups is 2. The Bertz CT molecular complexity index is 1020. The number of nitrogens with one attached hydrogen (secondary N) is 1.